The van der Waals surface area contributed by atoms with Crippen molar-refractivity contribution in [3.8, 4) is 0 Å². The van der Waals surface area contributed by atoms with Crippen LogP contribution < -0.4 is 5.32 Å². The van der Waals surface area contributed by atoms with Crippen LogP contribution in [0.15, 0.2) is 23.1 Å². The van der Waals surface area contributed by atoms with Crippen LogP contribution in [0.1, 0.15) is 20.3 Å². The lowest BCUT2D eigenvalue weighted by molar-refractivity contribution is -0.386. The molecule has 1 rings (SSSR count). The fourth-order valence-electron chi connectivity index (χ4n) is 1.85. The highest BCUT2D eigenvalue weighted by Crippen LogP contribution is 2.33. The van der Waals surface area contributed by atoms with Crippen molar-refractivity contribution in [2.45, 2.75) is 25.2 Å². The zero-order valence-electron chi connectivity index (χ0n) is 11.8. The maximum atomic E-state index is 12.4. The second kappa shape index (κ2) is 6.67. The van der Waals surface area contributed by atoms with E-state index in [-0.39, 0.29) is 10.6 Å². The molecule has 0 spiro atoms. The smallest absolute Gasteiger partial charge is 0.312 e. The highest BCUT2D eigenvalue weighted by molar-refractivity contribution is 7.89. The molecule has 1 aromatic carbocycles. The Bertz CT molecular complexity index is 586. The van der Waals surface area contributed by atoms with Crippen LogP contribution in [0.25, 0.3) is 0 Å². The minimum absolute atomic E-state index is 0.212. The maximum Gasteiger partial charge on any atom is 0.312 e. The van der Waals surface area contributed by atoms with E-state index in [1.807, 2.05) is 6.92 Å². The number of rotatable bonds is 7. The molecule has 112 valence electrons. The molecule has 1 aromatic rings. The highest BCUT2D eigenvalue weighted by atomic mass is 32.2. The fraction of sp³-hybridized carbons (Fsp3) is 0.500. The Morgan fingerprint density at radius 1 is 1.35 bits per heavy atom. The van der Waals surface area contributed by atoms with Gasteiger partial charge in [0.2, 0.25) is 10.0 Å². The lowest BCUT2D eigenvalue weighted by atomic mass is 10.2. The van der Waals surface area contributed by atoms with Gasteiger partial charge in [-0.25, -0.2) is 12.7 Å². The molecule has 0 radical (unpaired) electrons. The molecule has 1 N–H and O–H groups in total. The molecule has 0 atom stereocenters. The Kier molecular flexibility index (Phi) is 5.46. The summed E-state index contributed by atoms with van der Waals surface area (Å²) in [6.45, 7) is 4.41. The molecule has 8 heteroatoms. The molecule has 0 aliphatic carbocycles. The molecule has 20 heavy (non-hydrogen) atoms. The molecule has 0 unspecified atom stereocenters. The summed E-state index contributed by atoms with van der Waals surface area (Å²) in [7, 11) is -2.45. The Hall–Kier alpha value is -1.67. The van der Waals surface area contributed by atoms with E-state index in [0.717, 1.165) is 4.31 Å². The molecule has 0 heterocycles. The zero-order valence-corrected chi connectivity index (χ0v) is 12.6. The quantitative estimate of drug-likeness (QED) is 0.614. The third-order valence-electron chi connectivity index (χ3n) is 2.78. The van der Waals surface area contributed by atoms with Crippen LogP contribution in [0, 0.1) is 10.1 Å². The van der Waals surface area contributed by atoms with Crippen molar-refractivity contribution in [3.05, 3.63) is 28.3 Å². The highest BCUT2D eigenvalue weighted by Gasteiger charge is 2.31. The zero-order chi connectivity index (χ0) is 15.3. The number of nitro groups is 1. The number of nitro benzene ring substituents is 1. The first-order valence-corrected chi connectivity index (χ1v) is 7.77. The molecule has 0 aliphatic heterocycles. The molecule has 7 nitrogen and oxygen atoms in total. The predicted molar refractivity (Wildman–Crippen MR) is 77.4 cm³/mol. The fourth-order valence-corrected chi connectivity index (χ4v) is 3.29. The van der Waals surface area contributed by atoms with Gasteiger partial charge < -0.3 is 5.32 Å². The summed E-state index contributed by atoms with van der Waals surface area (Å²) in [5, 5.41) is 14.0. The van der Waals surface area contributed by atoms with E-state index >= 15 is 0 Å². The van der Waals surface area contributed by atoms with Crippen LogP contribution in [0.5, 0.6) is 0 Å². The number of benzene rings is 1. The number of sulfonamides is 1. The largest absolute Gasteiger partial charge is 0.380 e. The average molecular weight is 301 g/mol. The van der Waals surface area contributed by atoms with Crippen molar-refractivity contribution in [1.29, 1.82) is 0 Å². The topological polar surface area (TPSA) is 92.6 Å². The number of para-hydroxylation sites is 1. The van der Waals surface area contributed by atoms with E-state index in [0.29, 0.717) is 19.5 Å². The first-order valence-electron chi connectivity index (χ1n) is 6.33. The van der Waals surface area contributed by atoms with Crippen molar-refractivity contribution in [2.75, 3.05) is 25.5 Å². The number of nitrogens with zero attached hydrogens (tertiary/aromatic N) is 2. The average Bonchev–Trinajstić information content (AvgIpc) is 2.38. The molecule has 0 amide bonds. The van der Waals surface area contributed by atoms with Crippen LogP contribution in [-0.2, 0) is 10.0 Å². The van der Waals surface area contributed by atoms with Crippen LogP contribution in [-0.4, -0.2) is 37.8 Å². The van der Waals surface area contributed by atoms with Gasteiger partial charge in [-0.1, -0.05) is 13.0 Å². The molecule has 0 bridgehead atoms. The van der Waals surface area contributed by atoms with Gasteiger partial charge >= 0.3 is 5.69 Å². The van der Waals surface area contributed by atoms with E-state index in [1.54, 1.807) is 6.92 Å². The Labute approximate surface area is 118 Å². The number of hydrogen-bond acceptors (Lipinski definition) is 5. The van der Waals surface area contributed by atoms with E-state index in [2.05, 4.69) is 5.32 Å². The van der Waals surface area contributed by atoms with Gasteiger partial charge in [-0.05, 0) is 25.5 Å². The van der Waals surface area contributed by atoms with E-state index in [1.165, 1.54) is 25.2 Å². The standard InChI is InChI=1S/C12H19N3O4S/c1-4-9-14(3)20(18,19)11-8-6-7-10(13-5-2)12(11)15(16)17/h6-8,13H,4-5,9H2,1-3H3. The van der Waals surface area contributed by atoms with E-state index < -0.39 is 20.6 Å². The van der Waals surface area contributed by atoms with Gasteiger partial charge in [0.05, 0.1) is 4.92 Å². The van der Waals surface area contributed by atoms with Crippen molar-refractivity contribution in [2.24, 2.45) is 0 Å². The van der Waals surface area contributed by atoms with Crippen molar-refractivity contribution < 1.29 is 13.3 Å². The van der Waals surface area contributed by atoms with Crippen LogP contribution in [0.3, 0.4) is 0 Å². The van der Waals surface area contributed by atoms with Crippen molar-refractivity contribution in [1.82, 2.24) is 4.31 Å². The van der Waals surface area contributed by atoms with Gasteiger partial charge in [-0.2, -0.15) is 0 Å². The van der Waals surface area contributed by atoms with Gasteiger partial charge in [0.25, 0.3) is 0 Å². The Balaban J connectivity index is 3.45. The first-order chi connectivity index (χ1) is 9.36. The third kappa shape index (κ3) is 3.26. The van der Waals surface area contributed by atoms with Gasteiger partial charge in [0, 0.05) is 20.1 Å². The summed E-state index contributed by atoms with van der Waals surface area (Å²) >= 11 is 0. The minimum atomic E-state index is -3.87. The molecule has 0 saturated heterocycles. The van der Waals surface area contributed by atoms with Gasteiger partial charge in [-0.15, -0.1) is 0 Å². The minimum Gasteiger partial charge on any atom is -0.380 e. The van der Waals surface area contributed by atoms with Crippen LogP contribution >= 0.6 is 0 Å². The Morgan fingerprint density at radius 3 is 2.50 bits per heavy atom. The summed E-state index contributed by atoms with van der Waals surface area (Å²) in [5.74, 6) is 0. The molecular weight excluding hydrogens is 282 g/mol. The van der Waals surface area contributed by atoms with Crippen molar-refractivity contribution >= 4 is 21.4 Å². The summed E-state index contributed by atoms with van der Waals surface area (Å²) < 4.78 is 25.9. The van der Waals surface area contributed by atoms with Crippen molar-refractivity contribution in [3.63, 3.8) is 0 Å². The lowest BCUT2D eigenvalue weighted by Crippen LogP contribution is -2.28. The monoisotopic (exact) mass is 301 g/mol. The van der Waals surface area contributed by atoms with E-state index in [9.17, 15) is 18.5 Å². The van der Waals surface area contributed by atoms with Gasteiger partial charge in [-0.3, -0.25) is 10.1 Å². The van der Waals surface area contributed by atoms with Crippen LogP contribution in [0.2, 0.25) is 0 Å². The second-order valence-corrected chi connectivity index (χ2v) is 6.28. The molecule has 0 fully saturated rings. The number of hydrogen-bond donors (Lipinski definition) is 1. The van der Waals surface area contributed by atoms with Crippen LogP contribution in [0.4, 0.5) is 11.4 Å². The molecule has 0 aliphatic rings. The van der Waals surface area contributed by atoms with E-state index in [4.69, 9.17) is 0 Å². The molecular formula is C12H19N3O4S. The summed E-state index contributed by atoms with van der Waals surface area (Å²) in [6.07, 6.45) is 0.635. The Morgan fingerprint density at radius 2 is 2.00 bits per heavy atom. The summed E-state index contributed by atoms with van der Waals surface area (Å²) in [5.41, 5.74) is -0.194. The number of anilines is 1. The second-order valence-electron chi connectivity index (χ2n) is 4.27. The summed E-state index contributed by atoms with van der Waals surface area (Å²) in [6, 6.07) is 4.26. The lowest BCUT2D eigenvalue weighted by Gasteiger charge is -2.17. The SMILES string of the molecule is CCCN(C)S(=O)(=O)c1cccc(NCC)c1[N+](=O)[O-]. The molecule has 0 aromatic heterocycles. The third-order valence-corrected chi connectivity index (χ3v) is 4.66. The molecule has 0 saturated carbocycles. The normalized spacial score (nSPS) is 11.6. The van der Waals surface area contributed by atoms with Gasteiger partial charge in [0.15, 0.2) is 4.90 Å². The number of nitrogens with one attached hydrogen (secondary N) is 1. The van der Waals surface area contributed by atoms with Gasteiger partial charge in [0.1, 0.15) is 5.69 Å². The first kappa shape index (κ1) is 16.4. The predicted octanol–water partition coefficient (Wildman–Crippen LogP) is 2.06. The maximum absolute atomic E-state index is 12.4. The summed E-state index contributed by atoms with van der Waals surface area (Å²) in [4.78, 5) is 10.3.